The van der Waals surface area contributed by atoms with Crippen LogP contribution in [0.4, 0.5) is 0 Å². The first-order valence-electron chi connectivity index (χ1n) is 4.41. The van der Waals surface area contributed by atoms with Crippen molar-refractivity contribution >= 4 is 11.0 Å². The van der Waals surface area contributed by atoms with E-state index in [1.165, 1.54) is 0 Å². The van der Waals surface area contributed by atoms with Crippen LogP contribution in [0.3, 0.4) is 0 Å². The van der Waals surface area contributed by atoms with Gasteiger partial charge in [-0.05, 0) is 12.1 Å². The Hall–Kier alpha value is -1.52. The van der Waals surface area contributed by atoms with E-state index in [1.807, 2.05) is 24.3 Å². The molecule has 1 aromatic carbocycles. The first kappa shape index (κ1) is 9.05. The molecule has 1 aromatic heterocycles. The Labute approximate surface area is 81.4 Å². The molecule has 14 heavy (non-hydrogen) atoms. The van der Waals surface area contributed by atoms with Crippen LogP contribution in [0.25, 0.3) is 11.0 Å². The predicted molar refractivity (Wildman–Crippen MR) is 53.6 cm³/mol. The van der Waals surface area contributed by atoms with Gasteiger partial charge >= 0.3 is 0 Å². The van der Waals surface area contributed by atoms with Crippen molar-refractivity contribution in [2.45, 2.75) is 6.10 Å². The molecule has 0 bridgehead atoms. The van der Waals surface area contributed by atoms with E-state index < -0.39 is 6.10 Å². The van der Waals surface area contributed by atoms with Crippen LogP contribution in [0.15, 0.2) is 30.5 Å². The van der Waals surface area contributed by atoms with Crippen LogP contribution in [0, 0.1) is 0 Å². The lowest BCUT2D eigenvalue weighted by Gasteiger charge is -2.06. The van der Waals surface area contributed by atoms with Crippen LogP contribution in [0.2, 0.25) is 0 Å². The molecular formula is C10H11N3O. The molecule has 1 heterocycles. The molecule has 1 atom stereocenters. The highest BCUT2D eigenvalue weighted by Crippen LogP contribution is 2.12. The number of aliphatic hydroxyl groups is 1. The average Bonchev–Trinajstić information content (AvgIpc) is 2.27. The SMILES string of the molecule is NCC(O)c1cnc2ccccc2n1. The number of benzene rings is 1. The Morgan fingerprint density at radius 2 is 2.00 bits per heavy atom. The molecule has 0 saturated heterocycles. The van der Waals surface area contributed by atoms with Crippen LogP contribution >= 0.6 is 0 Å². The third-order valence-corrected chi connectivity index (χ3v) is 2.03. The molecule has 4 nitrogen and oxygen atoms in total. The summed E-state index contributed by atoms with van der Waals surface area (Å²) in [6.45, 7) is 0.160. The molecule has 2 rings (SSSR count). The van der Waals surface area contributed by atoms with E-state index in [4.69, 9.17) is 5.73 Å². The van der Waals surface area contributed by atoms with Crippen LogP contribution in [0.1, 0.15) is 11.8 Å². The minimum atomic E-state index is -0.730. The van der Waals surface area contributed by atoms with Gasteiger partial charge in [-0.3, -0.25) is 4.98 Å². The summed E-state index contributed by atoms with van der Waals surface area (Å²) >= 11 is 0. The third kappa shape index (κ3) is 1.57. The van der Waals surface area contributed by atoms with Crippen LogP contribution in [-0.4, -0.2) is 21.6 Å². The number of fused-ring (bicyclic) bond motifs is 1. The van der Waals surface area contributed by atoms with Gasteiger partial charge in [0.25, 0.3) is 0 Å². The summed E-state index contributed by atoms with van der Waals surface area (Å²) in [5.41, 5.74) is 7.45. The summed E-state index contributed by atoms with van der Waals surface area (Å²) in [5, 5.41) is 9.46. The first-order valence-corrected chi connectivity index (χ1v) is 4.41. The number of nitrogens with two attached hydrogens (primary N) is 1. The Kier molecular flexibility index (Phi) is 2.39. The van der Waals surface area contributed by atoms with Crippen molar-refractivity contribution in [3.8, 4) is 0 Å². The number of aromatic nitrogens is 2. The summed E-state index contributed by atoms with van der Waals surface area (Å²) < 4.78 is 0. The lowest BCUT2D eigenvalue weighted by molar-refractivity contribution is 0.182. The van der Waals surface area contributed by atoms with Crippen molar-refractivity contribution in [3.63, 3.8) is 0 Å². The number of rotatable bonds is 2. The summed E-state index contributed by atoms with van der Waals surface area (Å²) in [6.07, 6.45) is 0.826. The van der Waals surface area contributed by atoms with Crippen molar-refractivity contribution in [2.75, 3.05) is 6.54 Å². The Morgan fingerprint density at radius 3 is 2.71 bits per heavy atom. The fourth-order valence-corrected chi connectivity index (χ4v) is 1.25. The molecule has 0 aliphatic heterocycles. The van der Waals surface area contributed by atoms with E-state index in [1.54, 1.807) is 6.20 Å². The first-order chi connectivity index (χ1) is 6.81. The van der Waals surface area contributed by atoms with Crippen LogP contribution in [0.5, 0.6) is 0 Å². The normalized spacial score (nSPS) is 13.0. The highest BCUT2D eigenvalue weighted by molar-refractivity contribution is 5.73. The minimum Gasteiger partial charge on any atom is -0.385 e. The zero-order valence-corrected chi connectivity index (χ0v) is 7.59. The van der Waals surface area contributed by atoms with Gasteiger partial charge in [0.15, 0.2) is 0 Å². The zero-order chi connectivity index (χ0) is 9.97. The molecule has 1 unspecified atom stereocenters. The second-order valence-corrected chi connectivity index (χ2v) is 3.04. The molecule has 0 saturated carbocycles. The van der Waals surface area contributed by atoms with Gasteiger partial charge in [-0.1, -0.05) is 12.1 Å². The number of hydrogen-bond donors (Lipinski definition) is 2. The highest BCUT2D eigenvalue weighted by Gasteiger charge is 2.07. The smallest absolute Gasteiger partial charge is 0.110 e. The van der Waals surface area contributed by atoms with Gasteiger partial charge in [0, 0.05) is 6.54 Å². The second-order valence-electron chi connectivity index (χ2n) is 3.04. The van der Waals surface area contributed by atoms with Gasteiger partial charge in [-0.15, -0.1) is 0 Å². The van der Waals surface area contributed by atoms with E-state index in [0.29, 0.717) is 5.69 Å². The van der Waals surface area contributed by atoms with Crippen molar-refractivity contribution in [2.24, 2.45) is 5.73 Å². The van der Waals surface area contributed by atoms with Crippen molar-refractivity contribution in [1.29, 1.82) is 0 Å². The summed E-state index contributed by atoms with van der Waals surface area (Å²) in [5.74, 6) is 0. The minimum absolute atomic E-state index is 0.160. The highest BCUT2D eigenvalue weighted by atomic mass is 16.3. The topological polar surface area (TPSA) is 72.0 Å². The molecule has 0 fully saturated rings. The zero-order valence-electron chi connectivity index (χ0n) is 7.59. The molecule has 72 valence electrons. The molecule has 4 heteroatoms. The molecule has 0 radical (unpaired) electrons. The molecule has 0 aliphatic carbocycles. The monoisotopic (exact) mass is 189 g/mol. The average molecular weight is 189 g/mol. The fraction of sp³-hybridized carbons (Fsp3) is 0.200. The standard InChI is InChI=1S/C10H11N3O/c11-5-10(14)9-6-12-7-3-1-2-4-8(7)13-9/h1-4,6,10,14H,5,11H2. The van der Waals surface area contributed by atoms with Gasteiger partial charge in [0.2, 0.25) is 0 Å². The molecule has 0 spiro atoms. The molecule has 0 aliphatic rings. The van der Waals surface area contributed by atoms with Gasteiger partial charge in [0.05, 0.1) is 22.9 Å². The largest absolute Gasteiger partial charge is 0.385 e. The van der Waals surface area contributed by atoms with E-state index in [0.717, 1.165) is 11.0 Å². The maximum Gasteiger partial charge on any atom is 0.110 e. The van der Waals surface area contributed by atoms with Crippen LogP contribution < -0.4 is 5.73 Å². The Balaban J connectivity index is 2.51. The van der Waals surface area contributed by atoms with Gasteiger partial charge in [0.1, 0.15) is 6.10 Å². The van der Waals surface area contributed by atoms with Crippen molar-refractivity contribution < 1.29 is 5.11 Å². The quantitative estimate of drug-likeness (QED) is 0.726. The van der Waals surface area contributed by atoms with Gasteiger partial charge in [-0.25, -0.2) is 4.98 Å². The molecule has 0 amide bonds. The van der Waals surface area contributed by atoms with E-state index in [-0.39, 0.29) is 6.54 Å². The fourth-order valence-electron chi connectivity index (χ4n) is 1.25. The van der Waals surface area contributed by atoms with E-state index >= 15 is 0 Å². The van der Waals surface area contributed by atoms with E-state index in [9.17, 15) is 5.11 Å². The Bertz CT molecular complexity index is 444. The van der Waals surface area contributed by atoms with Crippen molar-refractivity contribution in [3.05, 3.63) is 36.2 Å². The lowest BCUT2D eigenvalue weighted by Crippen LogP contribution is -2.13. The third-order valence-electron chi connectivity index (χ3n) is 2.03. The maximum absolute atomic E-state index is 9.46. The second kappa shape index (κ2) is 3.69. The van der Waals surface area contributed by atoms with E-state index in [2.05, 4.69) is 9.97 Å². The summed E-state index contributed by atoms with van der Waals surface area (Å²) in [7, 11) is 0. The number of nitrogens with zero attached hydrogens (tertiary/aromatic N) is 2. The maximum atomic E-state index is 9.46. The Morgan fingerprint density at radius 1 is 1.29 bits per heavy atom. The van der Waals surface area contributed by atoms with Gasteiger partial charge in [-0.2, -0.15) is 0 Å². The summed E-state index contributed by atoms with van der Waals surface area (Å²) in [4.78, 5) is 8.43. The molecule has 2 aromatic rings. The van der Waals surface area contributed by atoms with Crippen LogP contribution in [-0.2, 0) is 0 Å². The lowest BCUT2D eigenvalue weighted by atomic mass is 10.2. The number of hydrogen-bond acceptors (Lipinski definition) is 4. The molecule has 3 N–H and O–H groups in total. The molecular weight excluding hydrogens is 178 g/mol. The van der Waals surface area contributed by atoms with Crippen molar-refractivity contribution in [1.82, 2.24) is 9.97 Å². The van der Waals surface area contributed by atoms with Gasteiger partial charge < -0.3 is 10.8 Å². The summed E-state index contributed by atoms with van der Waals surface area (Å²) in [6, 6.07) is 7.52. The predicted octanol–water partition coefficient (Wildman–Crippen LogP) is 0.622. The number of aliphatic hydroxyl groups excluding tert-OH is 1. The number of para-hydroxylation sites is 2.